The Bertz CT molecular complexity index is 1870. The summed E-state index contributed by atoms with van der Waals surface area (Å²) in [7, 11) is -2.07. The number of likely N-dealkylation sites (N-methyl/N-ethyl adjacent to an activating group) is 1. The number of anilines is 3. The second-order valence-electron chi connectivity index (χ2n) is 10.9. The summed E-state index contributed by atoms with van der Waals surface area (Å²) in [5, 5.41) is 4.35. The predicted molar refractivity (Wildman–Crippen MR) is 168 cm³/mol. The number of nitrogens with one attached hydrogen (secondary N) is 2. The molecule has 0 amide bonds. The predicted octanol–water partition coefficient (Wildman–Crippen LogP) is 5.56. The smallest absolute Gasteiger partial charge is 0.264 e. The first-order valence-electron chi connectivity index (χ1n) is 14.4. The molecule has 44 heavy (non-hydrogen) atoms. The number of piperazine rings is 1. The Hall–Kier alpha value is -4.39. The number of benzene rings is 3. The lowest BCUT2D eigenvalue weighted by Crippen LogP contribution is -2.44. The van der Waals surface area contributed by atoms with Crippen LogP contribution in [0.2, 0.25) is 0 Å². The Morgan fingerprint density at radius 2 is 1.61 bits per heavy atom. The van der Waals surface area contributed by atoms with Crippen molar-refractivity contribution in [2.45, 2.75) is 17.9 Å². The fraction of sp³-hybridized carbons (Fsp3) is 0.250. The van der Waals surface area contributed by atoms with Crippen molar-refractivity contribution in [3.8, 4) is 11.3 Å². The molecule has 1 fully saturated rings. The highest BCUT2D eigenvalue weighted by Crippen LogP contribution is 2.31. The number of nitrogens with zero attached hydrogens (tertiary/aromatic N) is 5. The van der Waals surface area contributed by atoms with E-state index in [0.29, 0.717) is 17.6 Å². The molecular formula is C32H33F2N7O2S. The zero-order valence-corrected chi connectivity index (χ0v) is 25.1. The minimum Gasteiger partial charge on any atom is -0.347 e. The van der Waals surface area contributed by atoms with E-state index in [0.717, 1.165) is 80.0 Å². The number of hydrogen-bond donors (Lipinski definition) is 2. The van der Waals surface area contributed by atoms with Crippen molar-refractivity contribution in [2.75, 3.05) is 49.8 Å². The Balaban J connectivity index is 1.15. The van der Waals surface area contributed by atoms with E-state index in [1.807, 2.05) is 12.1 Å². The van der Waals surface area contributed by atoms with Gasteiger partial charge in [0.05, 0.1) is 5.69 Å². The van der Waals surface area contributed by atoms with Crippen LogP contribution in [0.25, 0.3) is 22.2 Å². The van der Waals surface area contributed by atoms with E-state index in [1.165, 1.54) is 6.33 Å². The maximum atomic E-state index is 14.0. The van der Waals surface area contributed by atoms with Gasteiger partial charge < -0.3 is 19.7 Å². The van der Waals surface area contributed by atoms with Crippen LogP contribution in [0.3, 0.4) is 0 Å². The third-order valence-electron chi connectivity index (χ3n) is 7.79. The van der Waals surface area contributed by atoms with Gasteiger partial charge in [-0.25, -0.2) is 27.2 Å². The van der Waals surface area contributed by atoms with E-state index in [-0.39, 0.29) is 5.69 Å². The van der Waals surface area contributed by atoms with Gasteiger partial charge in [0.25, 0.3) is 10.0 Å². The summed E-state index contributed by atoms with van der Waals surface area (Å²) in [6.07, 6.45) is 4.73. The van der Waals surface area contributed by atoms with Crippen LogP contribution in [-0.4, -0.2) is 72.5 Å². The minimum atomic E-state index is -4.24. The van der Waals surface area contributed by atoms with Crippen LogP contribution < -0.4 is 10.0 Å². The number of aryl methyl sites for hydroxylation is 1. The number of rotatable bonds is 10. The molecule has 1 aliphatic rings. The maximum absolute atomic E-state index is 14.0. The number of para-hydroxylation sites is 1. The summed E-state index contributed by atoms with van der Waals surface area (Å²) < 4.78 is 57.1. The molecule has 0 aliphatic carbocycles. The molecule has 0 spiro atoms. The van der Waals surface area contributed by atoms with E-state index in [2.05, 4.69) is 65.8 Å². The fourth-order valence-corrected chi connectivity index (χ4v) is 6.54. The first kappa shape index (κ1) is 29.7. The molecule has 5 aromatic rings. The van der Waals surface area contributed by atoms with Crippen molar-refractivity contribution in [1.29, 1.82) is 0 Å². The van der Waals surface area contributed by atoms with Gasteiger partial charge in [-0.15, -0.1) is 0 Å². The van der Waals surface area contributed by atoms with Gasteiger partial charge in [-0.05, 0) is 62.5 Å². The number of sulfonamides is 1. The summed E-state index contributed by atoms with van der Waals surface area (Å²) in [5.74, 6) is -1.44. The fourth-order valence-electron chi connectivity index (χ4n) is 5.42. The van der Waals surface area contributed by atoms with Crippen molar-refractivity contribution < 1.29 is 17.2 Å². The lowest BCUT2D eigenvalue weighted by atomic mass is 10.1. The molecular weight excluding hydrogens is 584 g/mol. The van der Waals surface area contributed by atoms with Crippen molar-refractivity contribution in [1.82, 2.24) is 24.3 Å². The molecule has 1 aliphatic heterocycles. The molecule has 3 aromatic carbocycles. The molecule has 2 aromatic heterocycles. The lowest BCUT2D eigenvalue weighted by Gasteiger charge is -2.32. The Morgan fingerprint density at radius 3 is 2.39 bits per heavy atom. The van der Waals surface area contributed by atoms with Gasteiger partial charge in [-0.2, -0.15) is 0 Å². The highest BCUT2D eigenvalue weighted by molar-refractivity contribution is 7.92. The zero-order chi connectivity index (χ0) is 30.7. The molecule has 0 unspecified atom stereocenters. The summed E-state index contributed by atoms with van der Waals surface area (Å²) in [4.78, 5) is 13.2. The average molecular weight is 618 g/mol. The summed E-state index contributed by atoms with van der Waals surface area (Å²) in [5.41, 5.74) is 3.85. The quantitative estimate of drug-likeness (QED) is 0.212. The third kappa shape index (κ3) is 6.72. The van der Waals surface area contributed by atoms with E-state index >= 15 is 0 Å². The molecule has 9 nitrogen and oxygen atoms in total. The first-order valence-corrected chi connectivity index (χ1v) is 15.9. The largest absolute Gasteiger partial charge is 0.347 e. The maximum Gasteiger partial charge on any atom is 0.264 e. The van der Waals surface area contributed by atoms with Gasteiger partial charge in [0.1, 0.15) is 28.7 Å². The van der Waals surface area contributed by atoms with Gasteiger partial charge in [0.2, 0.25) is 0 Å². The second-order valence-corrected chi connectivity index (χ2v) is 12.6. The molecule has 6 rings (SSSR count). The van der Waals surface area contributed by atoms with Crippen molar-refractivity contribution in [3.05, 3.63) is 97.0 Å². The van der Waals surface area contributed by atoms with Crippen molar-refractivity contribution >= 4 is 38.1 Å². The van der Waals surface area contributed by atoms with Crippen LogP contribution in [0, 0.1) is 11.6 Å². The summed E-state index contributed by atoms with van der Waals surface area (Å²) >= 11 is 0. The molecule has 3 heterocycles. The number of aromatic nitrogens is 3. The van der Waals surface area contributed by atoms with Crippen molar-refractivity contribution in [2.24, 2.45) is 0 Å². The minimum absolute atomic E-state index is 0.225. The normalized spacial score (nSPS) is 14.6. The number of hydrogen-bond acceptors (Lipinski definition) is 7. The number of fused-ring (bicyclic) bond motifs is 1. The molecule has 12 heteroatoms. The summed E-state index contributed by atoms with van der Waals surface area (Å²) in [6.45, 7) is 6.43. The molecule has 1 saturated heterocycles. The van der Waals surface area contributed by atoms with Gasteiger partial charge in [-0.3, -0.25) is 4.72 Å². The first-order chi connectivity index (χ1) is 21.2. The highest BCUT2D eigenvalue weighted by Gasteiger charge is 2.20. The average Bonchev–Trinajstić information content (AvgIpc) is 3.38. The van der Waals surface area contributed by atoms with Crippen molar-refractivity contribution in [3.63, 3.8) is 0 Å². The standard InChI is InChI=1S/C32H33F2N7O2S/c1-39-15-17-40(18-16-39)13-4-14-41-21-27(26-5-2-3-6-30(26)41)29-20-32(36-22-35-29)37-24-8-10-25(11-9-24)38-44(42,43)31-12-7-23(33)19-28(31)34/h2-3,5-12,19-22,38H,4,13-18H2,1H3,(H,35,36,37). The van der Waals surface area contributed by atoms with E-state index in [1.54, 1.807) is 24.3 Å². The van der Waals surface area contributed by atoms with Crippen LogP contribution in [0.5, 0.6) is 0 Å². The second kappa shape index (κ2) is 12.7. The van der Waals surface area contributed by atoms with Gasteiger partial charge in [0, 0.05) is 78.9 Å². The monoisotopic (exact) mass is 617 g/mol. The van der Waals surface area contributed by atoms with Gasteiger partial charge >= 0.3 is 0 Å². The Morgan fingerprint density at radius 1 is 0.864 bits per heavy atom. The SMILES string of the molecule is CN1CCN(CCCn2cc(-c3cc(Nc4ccc(NS(=O)(=O)c5ccc(F)cc5F)cc4)ncn3)c3ccccc32)CC1. The molecule has 0 atom stereocenters. The van der Waals surface area contributed by atoms with E-state index in [9.17, 15) is 17.2 Å². The lowest BCUT2D eigenvalue weighted by molar-refractivity contribution is 0.151. The van der Waals surface area contributed by atoms with Crippen LogP contribution in [-0.2, 0) is 16.6 Å². The van der Waals surface area contributed by atoms with Crippen LogP contribution >= 0.6 is 0 Å². The number of halogens is 2. The van der Waals surface area contributed by atoms with Crippen LogP contribution in [0.4, 0.5) is 26.0 Å². The van der Waals surface area contributed by atoms with E-state index < -0.39 is 26.6 Å². The van der Waals surface area contributed by atoms with Crippen LogP contribution in [0.15, 0.2) is 90.2 Å². The van der Waals surface area contributed by atoms with Gasteiger partial charge in [-0.1, -0.05) is 18.2 Å². The molecule has 228 valence electrons. The summed E-state index contributed by atoms with van der Waals surface area (Å²) in [6, 6.07) is 18.9. The highest BCUT2D eigenvalue weighted by atomic mass is 32.2. The molecule has 0 radical (unpaired) electrons. The molecule has 0 bridgehead atoms. The van der Waals surface area contributed by atoms with Crippen LogP contribution in [0.1, 0.15) is 6.42 Å². The van der Waals surface area contributed by atoms with E-state index in [4.69, 9.17) is 0 Å². The molecule has 2 N–H and O–H groups in total. The Labute approximate surface area is 255 Å². The third-order valence-corrected chi connectivity index (χ3v) is 9.21. The Kier molecular flexibility index (Phi) is 8.56. The molecule has 0 saturated carbocycles. The zero-order valence-electron chi connectivity index (χ0n) is 24.2. The van der Waals surface area contributed by atoms with Gasteiger partial charge in [0.15, 0.2) is 0 Å². The topological polar surface area (TPSA) is 95.4 Å².